The molecule has 13 nitrogen and oxygen atoms in total. The van der Waals surface area contributed by atoms with Gasteiger partial charge in [-0.2, -0.15) is 4.99 Å². The average molecular weight is 632 g/mol. The zero-order chi connectivity index (χ0) is 31.4. The summed E-state index contributed by atoms with van der Waals surface area (Å²) in [6.45, 7) is 9.26. The molecular formula is C30H41N5O8S. The van der Waals surface area contributed by atoms with Crippen molar-refractivity contribution >= 4 is 35.0 Å². The van der Waals surface area contributed by atoms with Gasteiger partial charge in [-0.25, -0.2) is 19.6 Å². The number of rotatable bonds is 8. The summed E-state index contributed by atoms with van der Waals surface area (Å²) < 4.78 is 33.2. The second-order valence-corrected chi connectivity index (χ2v) is 9.82. The van der Waals surface area contributed by atoms with Gasteiger partial charge in [-0.1, -0.05) is 6.07 Å². The Morgan fingerprint density at radius 1 is 0.818 bits per heavy atom. The molecule has 240 valence electrons. The Balaban J connectivity index is 1.55. The summed E-state index contributed by atoms with van der Waals surface area (Å²) in [5.74, 6) is -0.985. The number of nitrogens with zero attached hydrogens (tertiary/aromatic N) is 5. The van der Waals surface area contributed by atoms with Crippen LogP contribution in [0.3, 0.4) is 0 Å². The largest absolute Gasteiger partial charge is 0.464 e. The molecule has 1 fully saturated rings. The summed E-state index contributed by atoms with van der Waals surface area (Å²) in [6.07, 6.45) is 0. The first-order valence-corrected chi connectivity index (χ1v) is 15.0. The first-order chi connectivity index (χ1) is 21.5. The number of isothiocyanates is 1. The number of ether oxygens (including phenoxy) is 6. The minimum Gasteiger partial charge on any atom is -0.464 e. The number of aliphatic imine (C=N–C) groups is 1. The number of hydrogen-bond acceptors (Lipinski definition) is 14. The SMILES string of the molecule is CCOC(=O)c1cc(N=C=S)cc(CN2CCOCCOCCN(Cc3cccc(C(=O)OC)n3)CCOCCOCC2)n1. The van der Waals surface area contributed by atoms with Gasteiger partial charge in [0.15, 0.2) is 5.69 Å². The molecule has 2 aromatic rings. The van der Waals surface area contributed by atoms with Crippen molar-refractivity contribution in [1.29, 1.82) is 0 Å². The molecule has 0 radical (unpaired) electrons. The Morgan fingerprint density at radius 2 is 1.36 bits per heavy atom. The van der Waals surface area contributed by atoms with E-state index in [0.717, 1.165) is 5.69 Å². The summed E-state index contributed by atoms with van der Waals surface area (Å²) in [7, 11) is 1.34. The number of carbonyl (C=O) groups excluding carboxylic acids is 2. The number of thiocarbonyl (C=S) groups is 1. The Labute approximate surface area is 263 Å². The third-order valence-electron chi connectivity index (χ3n) is 6.45. The quantitative estimate of drug-likeness (QED) is 0.240. The summed E-state index contributed by atoms with van der Waals surface area (Å²) in [4.78, 5) is 41.4. The first-order valence-electron chi connectivity index (χ1n) is 14.6. The summed E-state index contributed by atoms with van der Waals surface area (Å²) in [5, 5.41) is 2.34. The van der Waals surface area contributed by atoms with Crippen LogP contribution >= 0.6 is 12.2 Å². The summed E-state index contributed by atoms with van der Waals surface area (Å²) >= 11 is 4.75. The minimum absolute atomic E-state index is 0.168. The topological polar surface area (TPSA) is 134 Å². The maximum Gasteiger partial charge on any atom is 0.356 e. The van der Waals surface area contributed by atoms with Crippen LogP contribution in [0.5, 0.6) is 0 Å². The highest BCUT2D eigenvalue weighted by Gasteiger charge is 2.15. The van der Waals surface area contributed by atoms with Crippen LogP contribution in [-0.4, -0.2) is 130 Å². The third-order valence-corrected chi connectivity index (χ3v) is 6.54. The zero-order valence-electron chi connectivity index (χ0n) is 25.4. The second kappa shape index (κ2) is 20.7. The van der Waals surface area contributed by atoms with E-state index in [1.54, 1.807) is 25.1 Å². The van der Waals surface area contributed by atoms with Crippen LogP contribution in [-0.2, 0) is 41.5 Å². The van der Waals surface area contributed by atoms with E-state index in [0.29, 0.717) is 104 Å². The normalized spacial score (nSPS) is 17.0. The first kappa shape index (κ1) is 35.3. The van der Waals surface area contributed by atoms with E-state index in [-0.39, 0.29) is 18.0 Å². The molecule has 1 aliphatic heterocycles. The minimum atomic E-state index is -0.519. The van der Waals surface area contributed by atoms with Crippen molar-refractivity contribution in [2.75, 3.05) is 92.8 Å². The van der Waals surface area contributed by atoms with Crippen molar-refractivity contribution in [2.24, 2.45) is 4.99 Å². The zero-order valence-corrected chi connectivity index (χ0v) is 26.2. The lowest BCUT2D eigenvalue weighted by molar-refractivity contribution is 0.00597. The molecule has 0 spiro atoms. The Bertz CT molecular complexity index is 1210. The molecule has 0 N–H and O–H groups in total. The van der Waals surface area contributed by atoms with Crippen LogP contribution in [0.2, 0.25) is 0 Å². The molecule has 3 heterocycles. The third kappa shape index (κ3) is 13.2. The van der Waals surface area contributed by atoms with E-state index in [9.17, 15) is 9.59 Å². The molecule has 0 bridgehead atoms. The maximum absolute atomic E-state index is 12.3. The van der Waals surface area contributed by atoms with Gasteiger partial charge in [-0.15, -0.1) is 0 Å². The Hall–Kier alpha value is -3.20. The van der Waals surface area contributed by atoms with Crippen LogP contribution in [0.15, 0.2) is 35.3 Å². The van der Waals surface area contributed by atoms with Crippen LogP contribution < -0.4 is 0 Å². The van der Waals surface area contributed by atoms with Crippen molar-refractivity contribution in [3.8, 4) is 0 Å². The van der Waals surface area contributed by atoms with E-state index in [1.165, 1.54) is 13.2 Å². The number of carbonyl (C=O) groups is 2. The molecule has 0 unspecified atom stereocenters. The van der Waals surface area contributed by atoms with Crippen molar-refractivity contribution in [3.05, 3.63) is 53.1 Å². The van der Waals surface area contributed by atoms with Gasteiger partial charge in [0, 0.05) is 39.3 Å². The standard InChI is InChI=1S/C30H41N5O8S/c1-3-43-30(37)28-20-25(31-23-44)19-26(33-28)22-35-9-13-41-17-15-39-11-7-34(8-12-40-16-18-42-14-10-35)21-24-5-4-6-27(32-24)29(36)38-2/h4-6,19-20H,3,7-18,21-22H2,1-2H3. The van der Waals surface area contributed by atoms with Crippen LogP contribution in [0.25, 0.3) is 0 Å². The molecule has 1 aliphatic rings. The molecule has 0 atom stereocenters. The summed E-state index contributed by atoms with van der Waals surface area (Å²) in [5.41, 5.74) is 2.34. The molecule has 0 aromatic carbocycles. The lowest BCUT2D eigenvalue weighted by Crippen LogP contribution is -2.33. The highest BCUT2D eigenvalue weighted by molar-refractivity contribution is 7.78. The van der Waals surface area contributed by atoms with E-state index in [2.05, 4.69) is 29.9 Å². The van der Waals surface area contributed by atoms with E-state index in [1.807, 2.05) is 6.07 Å². The highest BCUT2D eigenvalue weighted by atomic mass is 32.1. The second-order valence-electron chi connectivity index (χ2n) is 9.63. The molecular weight excluding hydrogens is 590 g/mol. The number of aromatic nitrogens is 2. The molecule has 2 aromatic heterocycles. The molecule has 3 rings (SSSR count). The van der Waals surface area contributed by atoms with E-state index < -0.39 is 11.9 Å². The van der Waals surface area contributed by atoms with Gasteiger partial charge in [0.2, 0.25) is 0 Å². The fourth-order valence-electron chi connectivity index (χ4n) is 4.28. The molecule has 0 aliphatic carbocycles. The monoisotopic (exact) mass is 631 g/mol. The molecule has 44 heavy (non-hydrogen) atoms. The van der Waals surface area contributed by atoms with Gasteiger partial charge < -0.3 is 28.4 Å². The lowest BCUT2D eigenvalue weighted by atomic mass is 10.2. The van der Waals surface area contributed by atoms with Gasteiger partial charge in [-0.05, 0) is 43.4 Å². The predicted molar refractivity (Wildman–Crippen MR) is 164 cm³/mol. The average Bonchev–Trinajstić information content (AvgIpc) is 3.02. The number of esters is 2. The van der Waals surface area contributed by atoms with Gasteiger partial charge in [0.25, 0.3) is 0 Å². The Morgan fingerprint density at radius 3 is 1.89 bits per heavy atom. The molecule has 14 heteroatoms. The lowest BCUT2D eigenvalue weighted by Gasteiger charge is -2.23. The van der Waals surface area contributed by atoms with Crippen LogP contribution in [0.1, 0.15) is 39.3 Å². The summed E-state index contributed by atoms with van der Waals surface area (Å²) in [6, 6.07) is 8.61. The van der Waals surface area contributed by atoms with Gasteiger partial charge in [-0.3, -0.25) is 9.80 Å². The molecule has 0 amide bonds. The van der Waals surface area contributed by atoms with Gasteiger partial charge >= 0.3 is 11.9 Å². The van der Waals surface area contributed by atoms with Crippen LogP contribution in [0.4, 0.5) is 5.69 Å². The van der Waals surface area contributed by atoms with E-state index in [4.69, 9.17) is 40.6 Å². The fourth-order valence-corrected chi connectivity index (χ4v) is 4.39. The van der Waals surface area contributed by atoms with Crippen molar-refractivity contribution in [3.63, 3.8) is 0 Å². The Kier molecular flexibility index (Phi) is 16.6. The number of methoxy groups -OCH3 is 1. The molecule has 1 saturated heterocycles. The van der Waals surface area contributed by atoms with Crippen molar-refractivity contribution in [2.45, 2.75) is 20.0 Å². The van der Waals surface area contributed by atoms with Crippen molar-refractivity contribution in [1.82, 2.24) is 19.8 Å². The smallest absolute Gasteiger partial charge is 0.356 e. The fraction of sp³-hybridized carbons (Fsp3) is 0.567. The molecule has 0 saturated carbocycles. The van der Waals surface area contributed by atoms with Gasteiger partial charge in [0.05, 0.1) is 88.8 Å². The van der Waals surface area contributed by atoms with E-state index >= 15 is 0 Å². The maximum atomic E-state index is 12.3. The highest BCUT2D eigenvalue weighted by Crippen LogP contribution is 2.17. The van der Waals surface area contributed by atoms with Crippen molar-refractivity contribution < 1.29 is 38.0 Å². The van der Waals surface area contributed by atoms with Crippen LogP contribution in [0, 0.1) is 0 Å². The predicted octanol–water partition coefficient (Wildman–Crippen LogP) is 2.56. The van der Waals surface area contributed by atoms with Gasteiger partial charge in [0.1, 0.15) is 5.69 Å². The number of pyridine rings is 2. The number of hydrogen-bond donors (Lipinski definition) is 0.